The number of hydrogen-bond acceptors (Lipinski definition) is 4. The molecule has 0 atom stereocenters. The molecule has 1 nitrogen and oxygen atoms in total. The topological polar surface area (TPSA) is 17.1 Å². The third-order valence-electron chi connectivity index (χ3n) is 1.67. The normalized spacial score (nSPS) is 19.4. The average Bonchev–Trinajstić information content (AvgIpc) is 2.42. The van der Waals surface area contributed by atoms with Crippen LogP contribution in [0.25, 0.3) is 0 Å². The lowest BCUT2D eigenvalue weighted by Crippen LogP contribution is -2.02. The predicted molar refractivity (Wildman–Crippen MR) is 65.6 cm³/mol. The lowest BCUT2D eigenvalue weighted by molar-refractivity contribution is -0.107. The van der Waals surface area contributed by atoms with Crippen LogP contribution in [-0.2, 0) is 4.79 Å². The van der Waals surface area contributed by atoms with Gasteiger partial charge in [0.05, 0.1) is 4.58 Å². The van der Waals surface area contributed by atoms with Crippen LogP contribution in [0.1, 0.15) is 12.8 Å². The van der Waals surface area contributed by atoms with Gasteiger partial charge in [-0.05, 0) is 30.4 Å². The Hall–Kier alpha value is 0.460. The van der Waals surface area contributed by atoms with Gasteiger partial charge in [-0.15, -0.1) is 23.5 Å². The maximum absolute atomic E-state index is 11.0. The molecule has 1 fully saturated rings. The number of carbonyl (C=O) groups excluding carboxylic acids is 1. The summed E-state index contributed by atoms with van der Waals surface area (Å²) in [6.07, 6.45) is 4.05. The Morgan fingerprint density at radius 1 is 1.46 bits per heavy atom. The second-order valence-electron chi connectivity index (χ2n) is 2.71. The summed E-state index contributed by atoms with van der Waals surface area (Å²) in [4.78, 5) is 11.0. The van der Waals surface area contributed by atoms with Crippen molar-refractivity contribution in [1.29, 1.82) is 0 Å². The maximum atomic E-state index is 11.0. The second-order valence-corrected chi connectivity index (χ2v) is 6.66. The van der Waals surface area contributed by atoms with Gasteiger partial charge in [-0.2, -0.15) is 0 Å². The largest absolute Gasteiger partial charge is 0.282 e. The van der Waals surface area contributed by atoms with E-state index in [0.29, 0.717) is 4.58 Å². The molecule has 0 N–H and O–H groups in total. The first-order chi connectivity index (χ1) is 6.33. The van der Waals surface area contributed by atoms with Crippen molar-refractivity contribution in [2.24, 2.45) is 0 Å². The maximum Gasteiger partial charge on any atom is 0.211 e. The lowest BCUT2D eigenvalue weighted by atomic mass is 10.4. The van der Waals surface area contributed by atoms with Gasteiger partial charge < -0.3 is 0 Å². The van der Waals surface area contributed by atoms with Crippen LogP contribution < -0.4 is 0 Å². The summed E-state index contributed by atoms with van der Waals surface area (Å²) in [6.45, 7) is 3.46. The summed E-state index contributed by atoms with van der Waals surface area (Å²) in [5.41, 5.74) is 0. The molecule has 74 valence electrons. The number of hydrogen-bond donors (Lipinski definition) is 0. The van der Waals surface area contributed by atoms with Crippen molar-refractivity contribution in [3.63, 3.8) is 0 Å². The molecule has 0 aromatic rings. The van der Waals surface area contributed by atoms with Crippen LogP contribution in [0, 0.1) is 0 Å². The molecule has 1 heterocycles. The van der Waals surface area contributed by atoms with Gasteiger partial charge in [0.1, 0.15) is 0 Å². The Labute approximate surface area is 92.5 Å². The summed E-state index contributed by atoms with van der Waals surface area (Å²) in [6, 6.07) is 0. The van der Waals surface area contributed by atoms with Crippen molar-refractivity contribution < 1.29 is 4.79 Å². The zero-order chi connectivity index (χ0) is 9.52. The summed E-state index contributed by atoms with van der Waals surface area (Å²) in [5, 5.41) is 0.102. The van der Waals surface area contributed by atoms with E-state index in [0.717, 1.165) is 5.75 Å². The smallest absolute Gasteiger partial charge is 0.211 e. The third-order valence-corrected chi connectivity index (χ3v) is 5.99. The van der Waals surface area contributed by atoms with Gasteiger partial charge >= 0.3 is 0 Å². The Morgan fingerprint density at radius 2 is 2.08 bits per heavy atom. The predicted octanol–water partition coefficient (Wildman–Crippen LogP) is 3.02. The van der Waals surface area contributed by atoms with Gasteiger partial charge in [0, 0.05) is 5.75 Å². The highest BCUT2D eigenvalue weighted by Crippen LogP contribution is 2.31. The van der Waals surface area contributed by atoms with E-state index >= 15 is 0 Å². The average molecular weight is 234 g/mol. The fourth-order valence-electron chi connectivity index (χ4n) is 0.987. The minimum Gasteiger partial charge on any atom is -0.282 e. The highest BCUT2D eigenvalue weighted by molar-refractivity contribution is 8.20. The summed E-state index contributed by atoms with van der Waals surface area (Å²) in [7, 11) is 0. The van der Waals surface area contributed by atoms with E-state index in [2.05, 4.69) is 6.58 Å². The Morgan fingerprint density at radius 3 is 2.62 bits per heavy atom. The van der Waals surface area contributed by atoms with E-state index in [1.165, 1.54) is 42.2 Å². The van der Waals surface area contributed by atoms with Crippen molar-refractivity contribution in [3.8, 4) is 0 Å². The molecular formula is C9H14OS3. The van der Waals surface area contributed by atoms with E-state index in [-0.39, 0.29) is 5.12 Å². The fraction of sp³-hybridized carbons (Fsp3) is 0.667. The quantitative estimate of drug-likeness (QED) is 0.698. The first kappa shape index (κ1) is 11.5. The van der Waals surface area contributed by atoms with Gasteiger partial charge in [0.15, 0.2) is 0 Å². The molecule has 13 heavy (non-hydrogen) atoms. The highest BCUT2D eigenvalue weighted by Gasteiger charge is 2.13. The summed E-state index contributed by atoms with van der Waals surface area (Å²) in [5.74, 6) is 3.43. The number of rotatable bonds is 3. The second kappa shape index (κ2) is 6.85. The molecule has 1 saturated heterocycles. The zero-order valence-corrected chi connectivity index (χ0v) is 9.98. The van der Waals surface area contributed by atoms with E-state index in [1.807, 2.05) is 23.5 Å². The van der Waals surface area contributed by atoms with Crippen LogP contribution in [0.15, 0.2) is 12.7 Å². The van der Waals surface area contributed by atoms with Gasteiger partial charge in [0.2, 0.25) is 5.12 Å². The van der Waals surface area contributed by atoms with Crippen molar-refractivity contribution >= 4 is 40.4 Å². The molecule has 1 aliphatic heterocycles. The Bertz CT molecular complexity index is 174. The molecule has 1 aliphatic rings. The standard InChI is InChI=1S/C9H14OS3/c1-2-8(10)13-7-9-11-5-3-4-6-12-9/h2,9H,1,3-7H2. The minimum atomic E-state index is 0.102. The Kier molecular flexibility index (Phi) is 6.07. The van der Waals surface area contributed by atoms with Gasteiger partial charge in [-0.25, -0.2) is 0 Å². The molecule has 0 aliphatic carbocycles. The summed E-state index contributed by atoms with van der Waals surface area (Å²) < 4.78 is 0.608. The van der Waals surface area contributed by atoms with Gasteiger partial charge in [0.25, 0.3) is 0 Å². The van der Waals surface area contributed by atoms with Crippen LogP contribution in [0.5, 0.6) is 0 Å². The molecule has 1 rings (SSSR count). The van der Waals surface area contributed by atoms with Crippen molar-refractivity contribution in [2.45, 2.75) is 17.4 Å². The molecule has 0 amide bonds. The molecule has 0 spiro atoms. The van der Waals surface area contributed by atoms with Crippen LogP contribution in [0.4, 0.5) is 0 Å². The van der Waals surface area contributed by atoms with Crippen molar-refractivity contribution in [2.75, 3.05) is 17.3 Å². The number of thioether (sulfide) groups is 3. The molecule has 4 heteroatoms. The third kappa shape index (κ3) is 5.03. The molecule has 0 aromatic heterocycles. The van der Waals surface area contributed by atoms with Crippen LogP contribution in [0.3, 0.4) is 0 Å². The Balaban J connectivity index is 2.18. The molecule has 0 bridgehead atoms. The van der Waals surface area contributed by atoms with E-state index in [4.69, 9.17) is 0 Å². The van der Waals surface area contributed by atoms with Crippen LogP contribution in [-0.4, -0.2) is 27.0 Å². The molecule has 0 radical (unpaired) electrons. The lowest BCUT2D eigenvalue weighted by Gasteiger charge is -2.10. The molecule has 0 unspecified atom stereocenters. The van der Waals surface area contributed by atoms with Gasteiger partial charge in [-0.1, -0.05) is 18.3 Å². The van der Waals surface area contributed by atoms with E-state index < -0.39 is 0 Å². The van der Waals surface area contributed by atoms with Crippen LogP contribution in [0.2, 0.25) is 0 Å². The highest BCUT2D eigenvalue weighted by atomic mass is 32.2. The van der Waals surface area contributed by atoms with Crippen LogP contribution >= 0.6 is 35.3 Å². The molecular weight excluding hydrogens is 220 g/mol. The SMILES string of the molecule is C=CC(=O)SCC1SCCCCS1. The van der Waals surface area contributed by atoms with Crippen molar-refractivity contribution in [3.05, 3.63) is 12.7 Å². The van der Waals surface area contributed by atoms with E-state index in [1.54, 1.807) is 0 Å². The fourth-order valence-corrected chi connectivity index (χ4v) is 4.81. The monoisotopic (exact) mass is 234 g/mol. The first-order valence-electron chi connectivity index (χ1n) is 4.35. The first-order valence-corrected chi connectivity index (χ1v) is 7.43. The summed E-state index contributed by atoms with van der Waals surface area (Å²) >= 11 is 5.38. The van der Waals surface area contributed by atoms with E-state index in [9.17, 15) is 4.79 Å². The molecule has 0 saturated carbocycles. The van der Waals surface area contributed by atoms with Gasteiger partial charge in [-0.3, -0.25) is 4.79 Å². The molecule has 0 aromatic carbocycles. The number of carbonyl (C=O) groups is 1. The minimum absolute atomic E-state index is 0.102. The zero-order valence-electron chi connectivity index (χ0n) is 7.53. The van der Waals surface area contributed by atoms with Crippen molar-refractivity contribution in [1.82, 2.24) is 0 Å².